The van der Waals surface area contributed by atoms with Crippen molar-refractivity contribution in [2.75, 3.05) is 23.7 Å². The second-order valence-corrected chi connectivity index (χ2v) is 4.75. The highest BCUT2D eigenvalue weighted by Gasteiger charge is 2.08. The smallest absolute Gasteiger partial charge is 0.134 e. The Kier molecular flexibility index (Phi) is 4.55. The second-order valence-electron chi connectivity index (χ2n) is 4.75. The van der Waals surface area contributed by atoms with Gasteiger partial charge in [0.05, 0.1) is 0 Å². The monoisotopic (exact) mass is 274 g/mol. The van der Waals surface area contributed by atoms with Gasteiger partial charge in [-0.15, -0.1) is 0 Å². The first kappa shape index (κ1) is 14.3. The van der Waals surface area contributed by atoms with Crippen molar-refractivity contribution in [3.8, 4) is 0 Å². The summed E-state index contributed by atoms with van der Waals surface area (Å²) in [5.74, 6) is 2.58. The Bertz CT molecular complexity index is 575. The molecule has 108 valence electrons. The van der Waals surface area contributed by atoms with Crippen molar-refractivity contribution in [1.82, 2.24) is 19.7 Å². The average molecular weight is 274 g/mol. The molecule has 2 aromatic rings. The summed E-state index contributed by atoms with van der Waals surface area (Å²) in [7, 11) is 1.96. The van der Waals surface area contributed by atoms with Gasteiger partial charge in [0.1, 0.15) is 17.5 Å². The van der Waals surface area contributed by atoms with Crippen LogP contribution in [0.2, 0.25) is 0 Å². The van der Waals surface area contributed by atoms with Crippen LogP contribution < -0.4 is 10.6 Å². The molecule has 0 bridgehead atoms. The maximum absolute atomic E-state index is 4.47. The number of rotatable bonds is 6. The van der Waals surface area contributed by atoms with Gasteiger partial charge in [-0.1, -0.05) is 0 Å². The first-order valence-electron chi connectivity index (χ1n) is 6.91. The summed E-state index contributed by atoms with van der Waals surface area (Å²) in [5.41, 5.74) is 2.26. The molecule has 0 atom stereocenters. The van der Waals surface area contributed by atoms with Crippen LogP contribution >= 0.6 is 0 Å². The van der Waals surface area contributed by atoms with Gasteiger partial charge < -0.3 is 10.6 Å². The second kappa shape index (κ2) is 6.36. The van der Waals surface area contributed by atoms with Crippen LogP contribution in [-0.2, 0) is 13.5 Å². The van der Waals surface area contributed by atoms with Crippen LogP contribution in [0.25, 0.3) is 0 Å². The highest BCUT2D eigenvalue weighted by Crippen LogP contribution is 2.19. The van der Waals surface area contributed by atoms with Gasteiger partial charge in [-0.3, -0.25) is 4.68 Å². The number of anilines is 2. The van der Waals surface area contributed by atoms with Gasteiger partial charge in [0.15, 0.2) is 0 Å². The molecule has 0 saturated carbocycles. The molecule has 6 nitrogen and oxygen atoms in total. The molecule has 0 saturated heterocycles. The van der Waals surface area contributed by atoms with E-state index in [1.54, 1.807) is 0 Å². The van der Waals surface area contributed by atoms with Crippen LogP contribution in [-0.4, -0.2) is 32.8 Å². The number of nitrogens with one attached hydrogen (secondary N) is 2. The van der Waals surface area contributed by atoms with E-state index in [1.807, 2.05) is 37.8 Å². The standard InChI is InChI=1S/C14H22N6/c1-5-15-13-10(2)14(19-11(3)18-13)16-8-6-12-7-9-17-20(12)4/h7,9H,5-6,8H2,1-4H3,(H2,15,16,18,19). The molecule has 2 rings (SSSR count). The topological polar surface area (TPSA) is 67.7 Å². The average Bonchev–Trinajstić information content (AvgIpc) is 2.81. The fraction of sp³-hybridized carbons (Fsp3) is 0.500. The molecule has 0 aromatic carbocycles. The van der Waals surface area contributed by atoms with E-state index in [1.165, 1.54) is 5.69 Å². The van der Waals surface area contributed by atoms with Crippen molar-refractivity contribution in [3.05, 3.63) is 29.3 Å². The molecule has 0 aliphatic heterocycles. The van der Waals surface area contributed by atoms with Gasteiger partial charge in [0.25, 0.3) is 0 Å². The van der Waals surface area contributed by atoms with E-state index < -0.39 is 0 Å². The zero-order chi connectivity index (χ0) is 14.5. The quantitative estimate of drug-likeness (QED) is 0.842. The lowest BCUT2D eigenvalue weighted by atomic mass is 10.2. The minimum atomic E-state index is 0.773. The molecule has 0 aliphatic rings. The first-order valence-corrected chi connectivity index (χ1v) is 6.91. The van der Waals surface area contributed by atoms with Crippen LogP contribution in [0.1, 0.15) is 24.0 Å². The van der Waals surface area contributed by atoms with Crippen molar-refractivity contribution >= 4 is 11.6 Å². The Hall–Kier alpha value is -2.11. The third kappa shape index (κ3) is 3.26. The van der Waals surface area contributed by atoms with Crippen molar-refractivity contribution < 1.29 is 0 Å². The Morgan fingerprint density at radius 2 is 1.85 bits per heavy atom. The number of nitrogens with zero attached hydrogens (tertiary/aromatic N) is 4. The molecule has 20 heavy (non-hydrogen) atoms. The van der Waals surface area contributed by atoms with Crippen molar-refractivity contribution in [2.45, 2.75) is 27.2 Å². The zero-order valence-corrected chi connectivity index (χ0v) is 12.6. The number of aromatic nitrogens is 4. The summed E-state index contributed by atoms with van der Waals surface area (Å²) in [6, 6.07) is 2.03. The van der Waals surface area contributed by atoms with Crippen LogP contribution in [0.5, 0.6) is 0 Å². The van der Waals surface area contributed by atoms with Gasteiger partial charge in [0.2, 0.25) is 0 Å². The van der Waals surface area contributed by atoms with E-state index in [2.05, 4.69) is 32.6 Å². The maximum Gasteiger partial charge on any atom is 0.134 e. The lowest BCUT2D eigenvalue weighted by molar-refractivity contribution is 0.710. The van der Waals surface area contributed by atoms with Crippen LogP contribution in [0.15, 0.2) is 12.3 Å². The molecule has 0 radical (unpaired) electrons. The lowest BCUT2D eigenvalue weighted by Crippen LogP contribution is -2.13. The van der Waals surface area contributed by atoms with E-state index in [9.17, 15) is 0 Å². The van der Waals surface area contributed by atoms with Gasteiger partial charge in [-0.05, 0) is 26.8 Å². The van der Waals surface area contributed by atoms with Crippen molar-refractivity contribution in [3.63, 3.8) is 0 Å². The Balaban J connectivity index is 2.04. The molecule has 2 aromatic heterocycles. The van der Waals surface area contributed by atoms with Crippen molar-refractivity contribution in [1.29, 1.82) is 0 Å². The van der Waals surface area contributed by atoms with Gasteiger partial charge in [0, 0.05) is 44.0 Å². The Morgan fingerprint density at radius 1 is 1.15 bits per heavy atom. The predicted octanol–water partition coefficient (Wildman–Crippen LogP) is 1.91. The summed E-state index contributed by atoms with van der Waals surface area (Å²) in [6.07, 6.45) is 2.73. The van der Waals surface area contributed by atoms with Crippen LogP contribution in [0, 0.1) is 13.8 Å². The molecular formula is C14H22N6. The summed E-state index contributed by atoms with van der Waals surface area (Å²) in [4.78, 5) is 8.89. The third-order valence-corrected chi connectivity index (χ3v) is 3.20. The van der Waals surface area contributed by atoms with Gasteiger partial charge in [-0.2, -0.15) is 5.10 Å². The van der Waals surface area contributed by atoms with E-state index in [-0.39, 0.29) is 0 Å². The van der Waals surface area contributed by atoms with E-state index >= 15 is 0 Å². The van der Waals surface area contributed by atoms with Gasteiger partial charge in [-0.25, -0.2) is 9.97 Å². The summed E-state index contributed by atoms with van der Waals surface area (Å²) in [6.45, 7) is 7.68. The first-order chi connectivity index (χ1) is 9.61. The minimum absolute atomic E-state index is 0.773. The summed E-state index contributed by atoms with van der Waals surface area (Å²) >= 11 is 0. The molecule has 0 fully saturated rings. The third-order valence-electron chi connectivity index (χ3n) is 3.20. The van der Waals surface area contributed by atoms with Crippen LogP contribution in [0.3, 0.4) is 0 Å². The molecule has 0 unspecified atom stereocenters. The number of aryl methyl sites for hydroxylation is 2. The summed E-state index contributed by atoms with van der Waals surface area (Å²) < 4.78 is 1.89. The maximum atomic E-state index is 4.47. The lowest BCUT2D eigenvalue weighted by Gasteiger charge is -2.13. The predicted molar refractivity (Wildman–Crippen MR) is 81.1 cm³/mol. The molecule has 6 heteroatoms. The zero-order valence-electron chi connectivity index (χ0n) is 12.6. The molecule has 0 amide bonds. The van der Waals surface area contributed by atoms with E-state index in [0.29, 0.717) is 0 Å². The fourth-order valence-corrected chi connectivity index (χ4v) is 2.10. The summed E-state index contributed by atoms with van der Waals surface area (Å²) in [5, 5.41) is 10.8. The van der Waals surface area contributed by atoms with Crippen LogP contribution in [0.4, 0.5) is 11.6 Å². The molecule has 2 N–H and O–H groups in total. The molecule has 2 heterocycles. The van der Waals surface area contributed by atoms with E-state index in [4.69, 9.17) is 0 Å². The van der Waals surface area contributed by atoms with Crippen molar-refractivity contribution in [2.24, 2.45) is 7.05 Å². The number of hydrogen-bond acceptors (Lipinski definition) is 5. The molecular weight excluding hydrogens is 252 g/mol. The molecule has 0 aliphatic carbocycles. The van der Waals surface area contributed by atoms with Gasteiger partial charge >= 0.3 is 0 Å². The Labute approximate surface area is 119 Å². The number of hydrogen-bond donors (Lipinski definition) is 2. The fourth-order valence-electron chi connectivity index (χ4n) is 2.10. The SMILES string of the molecule is CCNc1nc(C)nc(NCCc2ccnn2C)c1C. The highest BCUT2D eigenvalue weighted by atomic mass is 15.3. The highest BCUT2D eigenvalue weighted by molar-refractivity contribution is 5.57. The minimum Gasteiger partial charge on any atom is -0.370 e. The largest absolute Gasteiger partial charge is 0.370 e. The molecule has 0 spiro atoms. The Morgan fingerprint density at radius 3 is 2.45 bits per heavy atom. The normalized spacial score (nSPS) is 10.6. The van der Waals surface area contributed by atoms with E-state index in [0.717, 1.165) is 42.5 Å².